The summed E-state index contributed by atoms with van der Waals surface area (Å²) in [7, 11) is 0. The highest BCUT2D eigenvalue weighted by molar-refractivity contribution is 7.98. The maximum atomic E-state index is 12.9. The van der Waals surface area contributed by atoms with Gasteiger partial charge < -0.3 is 43.4 Å². The lowest BCUT2D eigenvalue weighted by Gasteiger charge is -2.25. The van der Waals surface area contributed by atoms with Crippen LogP contribution in [0.15, 0.2) is 0 Å². The molecular formula is C20H38N6O7S. The number of nitrogens with one attached hydrogen (secondary N) is 3. The third kappa shape index (κ3) is 12.7. The summed E-state index contributed by atoms with van der Waals surface area (Å²) in [6.07, 6.45) is 1.62. The van der Waals surface area contributed by atoms with Crippen molar-refractivity contribution in [3.63, 3.8) is 0 Å². The summed E-state index contributed by atoms with van der Waals surface area (Å²) in [6.45, 7) is 1.69. The van der Waals surface area contributed by atoms with Crippen molar-refractivity contribution in [3.8, 4) is 0 Å². The second kappa shape index (κ2) is 17.1. The maximum absolute atomic E-state index is 12.9. The molecule has 4 amide bonds. The van der Waals surface area contributed by atoms with Gasteiger partial charge in [0.05, 0.1) is 6.10 Å². The largest absolute Gasteiger partial charge is 0.480 e. The lowest BCUT2D eigenvalue weighted by atomic mass is 10.0. The Labute approximate surface area is 203 Å². The SMILES string of the molecule is CSCCC(NC(=O)C(CCC(N)=O)NC(=O)C(CCCCN)NC(=O)C(N)C(C)O)C(=O)O. The summed E-state index contributed by atoms with van der Waals surface area (Å²) in [4.78, 5) is 60.7. The number of aliphatic carboxylic acids is 1. The molecule has 0 saturated carbocycles. The molecule has 0 aromatic heterocycles. The van der Waals surface area contributed by atoms with E-state index in [1.807, 2.05) is 0 Å². The van der Waals surface area contributed by atoms with E-state index in [0.29, 0.717) is 25.1 Å². The maximum Gasteiger partial charge on any atom is 0.326 e. The number of rotatable bonds is 18. The molecule has 0 bridgehead atoms. The number of hydrogen-bond acceptors (Lipinski definition) is 9. The van der Waals surface area contributed by atoms with Crippen molar-refractivity contribution in [1.82, 2.24) is 16.0 Å². The Morgan fingerprint density at radius 1 is 0.882 bits per heavy atom. The fourth-order valence-corrected chi connectivity index (χ4v) is 3.31. The zero-order chi connectivity index (χ0) is 26.3. The minimum atomic E-state index is -1.27. The molecule has 0 saturated heterocycles. The van der Waals surface area contributed by atoms with Crippen molar-refractivity contribution in [2.75, 3.05) is 18.6 Å². The van der Waals surface area contributed by atoms with Crippen molar-refractivity contribution in [2.45, 2.75) is 75.7 Å². The molecule has 0 fully saturated rings. The molecule has 11 N–H and O–H groups in total. The third-order valence-electron chi connectivity index (χ3n) is 4.94. The highest BCUT2D eigenvalue weighted by Gasteiger charge is 2.30. The van der Waals surface area contributed by atoms with E-state index in [-0.39, 0.29) is 25.7 Å². The predicted octanol–water partition coefficient (Wildman–Crippen LogP) is -2.62. The van der Waals surface area contributed by atoms with Crippen molar-refractivity contribution in [2.24, 2.45) is 17.2 Å². The Bertz CT molecular complexity index is 694. The number of hydrogen-bond donors (Lipinski definition) is 8. The van der Waals surface area contributed by atoms with Crippen molar-refractivity contribution in [1.29, 1.82) is 0 Å². The molecule has 0 rings (SSSR count). The number of carboxylic acid groups (broad SMARTS) is 1. The smallest absolute Gasteiger partial charge is 0.326 e. The van der Waals surface area contributed by atoms with E-state index >= 15 is 0 Å². The van der Waals surface area contributed by atoms with Gasteiger partial charge in [-0.3, -0.25) is 19.2 Å². The van der Waals surface area contributed by atoms with Gasteiger partial charge >= 0.3 is 5.97 Å². The van der Waals surface area contributed by atoms with Gasteiger partial charge in [0, 0.05) is 6.42 Å². The van der Waals surface area contributed by atoms with Crippen LogP contribution in [0, 0.1) is 0 Å². The zero-order valence-electron chi connectivity index (χ0n) is 19.6. The molecule has 196 valence electrons. The number of aliphatic hydroxyl groups is 1. The Hall–Kier alpha value is -2.42. The first-order valence-electron chi connectivity index (χ1n) is 11.0. The van der Waals surface area contributed by atoms with Crippen molar-refractivity contribution >= 4 is 41.4 Å². The van der Waals surface area contributed by atoms with Gasteiger partial charge in [0.1, 0.15) is 24.2 Å². The third-order valence-corrected chi connectivity index (χ3v) is 5.58. The molecule has 0 aliphatic carbocycles. The van der Waals surface area contributed by atoms with Crippen LogP contribution in [0.4, 0.5) is 0 Å². The monoisotopic (exact) mass is 506 g/mol. The van der Waals surface area contributed by atoms with E-state index in [2.05, 4.69) is 16.0 Å². The molecule has 13 nitrogen and oxygen atoms in total. The number of thioether (sulfide) groups is 1. The van der Waals surface area contributed by atoms with Crippen LogP contribution in [-0.2, 0) is 24.0 Å². The molecule has 0 aliphatic rings. The van der Waals surface area contributed by atoms with E-state index < -0.39 is 59.9 Å². The van der Waals surface area contributed by atoms with Gasteiger partial charge in [-0.15, -0.1) is 0 Å². The number of amides is 4. The van der Waals surface area contributed by atoms with E-state index in [9.17, 15) is 34.2 Å². The highest BCUT2D eigenvalue weighted by atomic mass is 32.2. The van der Waals surface area contributed by atoms with Crippen LogP contribution < -0.4 is 33.2 Å². The quantitative estimate of drug-likeness (QED) is 0.0900. The van der Waals surface area contributed by atoms with Crippen LogP contribution in [0.1, 0.15) is 45.4 Å². The van der Waals surface area contributed by atoms with E-state index in [1.54, 1.807) is 6.26 Å². The number of nitrogens with two attached hydrogens (primary N) is 3. The number of carbonyl (C=O) groups excluding carboxylic acids is 4. The first kappa shape index (κ1) is 31.6. The fraction of sp³-hybridized carbons (Fsp3) is 0.750. The minimum Gasteiger partial charge on any atom is -0.480 e. The van der Waals surface area contributed by atoms with Gasteiger partial charge in [0.2, 0.25) is 23.6 Å². The van der Waals surface area contributed by atoms with Gasteiger partial charge in [0.25, 0.3) is 0 Å². The standard InChI is InChI=1S/C20H38N6O7S/c1-11(27)16(23)19(31)25-12(5-3-4-9-21)17(29)24-13(6-7-15(22)28)18(30)26-14(20(32)33)8-10-34-2/h11-14,16,27H,3-10,21,23H2,1-2H3,(H2,22,28)(H,24,29)(H,25,31)(H,26,30)(H,32,33). The molecule has 34 heavy (non-hydrogen) atoms. The van der Waals surface area contributed by atoms with Crippen LogP contribution in [0.5, 0.6) is 0 Å². The van der Waals surface area contributed by atoms with Crippen LogP contribution in [0.25, 0.3) is 0 Å². The number of unbranched alkanes of at least 4 members (excludes halogenated alkanes) is 1. The van der Waals surface area contributed by atoms with Crippen molar-refractivity contribution < 1.29 is 34.2 Å². The molecule has 14 heteroatoms. The number of primary amides is 1. The van der Waals surface area contributed by atoms with E-state index in [0.717, 1.165) is 0 Å². The van der Waals surface area contributed by atoms with Gasteiger partial charge in [0.15, 0.2) is 0 Å². The fourth-order valence-electron chi connectivity index (χ4n) is 2.84. The minimum absolute atomic E-state index is 0.160. The van der Waals surface area contributed by atoms with E-state index in [4.69, 9.17) is 17.2 Å². The number of carbonyl (C=O) groups is 5. The van der Waals surface area contributed by atoms with Crippen LogP contribution >= 0.6 is 11.8 Å². The first-order valence-corrected chi connectivity index (χ1v) is 12.4. The molecule has 0 heterocycles. The average Bonchev–Trinajstić information content (AvgIpc) is 2.77. The molecule has 0 aromatic carbocycles. The van der Waals surface area contributed by atoms with Crippen LogP contribution in [-0.4, -0.2) is 88.6 Å². The summed E-state index contributed by atoms with van der Waals surface area (Å²) >= 11 is 1.41. The number of aliphatic hydroxyl groups excluding tert-OH is 1. The first-order chi connectivity index (χ1) is 15.9. The molecule has 0 radical (unpaired) electrons. The van der Waals surface area contributed by atoms with E-state index in [1.165, 1.54) is 18.7 Å². The second-order valence-corrected chi connectivity index (χ2v) is 8.84. The second-order valence-electron chi connectivity index (χ2n) is 7.86. The molecular weight excluding hydrogens is 468 g/mol. The Kier molecular flexibility index (Phi) is 15.9. The molecule has 0 aromatic rings. The van der Waals surface area contributed by atoms with Gasteiger partial charge in [-0.2, -0.15) is 11.8 Å². The summed E-state index contributed by atoms with van der Waals surface area (Å²) in [5.41, 5.74) is 16.3. The summed E-state index contributed by atoms with van der Waals surface area (Å²) < 4.78 is 0. The molecule has 5 atom stereocenters. The van der Waals surface area contributed by atoms with Gasteiger partial charge in [-0.05, 0) is 57.6 Å². The summed E-state index contributed by atoms with van der Waals surface area (Å²) in [5.74, 6) is -3.75. The lowest BCUT2D eigenvalue weighted by molar-refractivity contribution is -0.142. The van der Waals surface area contributed by atoms with Gasteiger partial charge in [-0.1, -0.05) is 0 Å². The van der Waals surface area contributed by atoms with Gasteiger partial charge in [-0.25, -0.2) is 4.79 Å². The van der Waals surface area contributed by atoms with Crippen LogP contribution in [0.2, 0.25) is 0 Å². The lowest BCUT2D eigenvalue weighted by Crippen LogP contribution is -2.58. The normalized spacial score (nSPS) is 15.3. The Morgan fingerprint density at radius 3 is 1.88 bits per heavy atom. The molecule has 0 aliphatic heterocycles. The molecule has 5 unspecified atom stereocenters. The Morgan fingerprint density at radius 2 is 1.41 bits per heavy atom. The van der Waals surface area contributed by atoms with Crippen LogP contribution in [0.3, 0.4) is 0 Å². The summed E-state index contributed by atoms with van der Waals surface area (Å²) in [6, 6.07) is -4.82. The Balaban J connectivity index is 5.54. The molecule has 0 spiro atoms. The highest BCUT2D eigenvalue weighted by Crippen LogP contribution is 2.07. The predicted molar refractivity (Wildman–Crippen MR) is 127 cm³/mol. The number of carboxylic acids is 1. The zero-order valence-corrected chi connectivity index (χ0v) is 20.4. The topological polar surface area (TPSA) is 240 Å². The van der Waals surface area contributed by atoms with Crippen molar-refractivity contribution in [3.05, 3.63) is 0 Å². The summed E-state index contributed by atoms with van der Waals surface area (Å²) in [5, 5.41) is 26.2. The average molecular weight is 507 g/mol.